The van der Waals surface area contributed by atoms with E-state index in [2.05, 4.69) is 19.0 Å². The molecule has 2 rings (SSSR count). The van der Waals surface area contributed by atoms with E-state index in [1.165, 1.54) is 56.2 Å². The van der Waals surface area contributed by atoms with Crippen LogP contribution < -0.4 is 4.90 Å². The zero-order chi connectivity index (χ0) is 9.31. The van der Waals surface area contributed by atoms with Crippen molar-refractivity contribution in [1.29, 1.82) is 0 Å². The first kappa shape index (κ1) is 9.47. The van der Waals surface area contributed by atoms with Crippen LogP contribution in [0.3, 0.4) is 0 Å². The normalized spacial score (nSPS) is 35.1. The number of nitrogens with zero attached hydrogens (tertiary/aromatic N) is 2. The minimum atomic E-state index is 0.834. The van der Waals surface area contributed by atoms with Crippen LogP contribution in [0, 0.1) is 0 Å². The van der Waals surface area contributed by atoms with Crippen LogP contribution in [-0.2, 0) is 0 Å². The van der Waals surface area contributed by atoms with Crippen LogP contribution in [0.25, 0.3) is 0 Å². The van der Waals surface area contributed by atoms with Crippen LogP contribution in [0.2, 0.25) is 0 Å². The van der Waals surface area contributed by atoms with Crippen molar-refractivity contribution in [3.63, 3.8) is 0 Å². The number of rotatable bonds is 1. The lowest BCUT2D eigenvalue weighted by Crippen LogP contribution is -2.60. The van der Waals surface area contributed by atoms with Crippen molar-refractivity contribution in [3.8, 4) is 0 Å². The molecule has 2 aliphatic heterocycles. The predicted octanol–water partition coefficient (Wildman–Crippen LogP) is 1.51. The molecule has 2 saturated heterocycles. The summed E-state index contributed by atoms with van der Waals surface area (Å²) < 4.78 is 1.33. The summed E-state index contributed by atoms with van der Waals surface area (Å²) >= 11 is 0. The molecule has 1 atom stereocenters. The minimum absolute atomic E-state index is 0.834. The van der Waals surface area contributed by atoms with Crippen molar-refractivity contribution in [2.24, 2.45) is 0 Å². The van der Waals surface area contributed by atoms with Gasteiger partial charge in [-0.25, -0.2) is 0 Å². The van der Waals surface area contributed by atoms with E-state index < -0.39 is 0 Å². The smallest absolute Gasteiger partial charge is 0.259 e. The highest BCUT2D eigenvalue weighted by atomic mass is 15.5. The molecule has 0 spiro atoms. The van der Waals surface area contributed by atoms with Gasteiger partial charge in [0.05, 0.1) is 26.6 Å². The topological polar surface area (TPSA) is 5.90 Å². The first-order valence-electron chi connectivity index (χ1n) is 5.77. The summed E-state index contributed by atoms with van der Waals surface area (Å²) in [6.07, 6.45) is 8.02. The van der Waals surface area contributed by atoms with Gasteiger partial charge in [0.2, 0.25) is 0 Å². The summed E-state index contributed by atoms with van der Waals surface area (Å²) in [6.45, 7) is 4.14. The second kappa shape index (κ2) is 3.58. The molecule has 2 nitrogen and oxygen atoms in total. The molecule has 2 heteroatoms. The third kappa shape index (κ3) is 1.75. The maximum absolute atomic E-state index is 2.57. The summed E-state index contributed by atoms with van der Waals surface area (Å²) in [4.78, 5) is 2.57. The fraction of sp³-hybridized carbons (Fsp3) is 1.00. The molecule has 0 aromatic carbocycles. The molecule has 2 fully saturated rings. The summed E-state index contributed by atoms with van der Waals surface area (Å²) in [6, 6.07) is 0. The average molecular weight is 183 g/mol. The van der Waals surface area contributed by atoms with Crippen molar-refractivity contribution < 1.29 is 4.48 Å². The third-order valence-electron chi connectivity index (χ3n) is 4.04. The van der Waals surface area contributed by atoms with E-state index in [1.807, 2.05) is 0 Å². The lowest BCUT2D eigenvalue weighted by atomic mass is 10.1. The van der Waals surface area contributed by atoms with E-state index in [9.17, 15) is 0 Å². The zero-order valence-electron chi connectivity index (χ0n) is 9.13. The molecule has 0 amide bonds. The lowest BCUT2D eigenvalue weighted by Gasteiger charge is -2.40. The largest absolute Gasteiger partial charge is 0.273 e. The van der Waals surface area contributed by atoms with Crippen LogP contribution in [0.5, 0.6) is 0 Å². The van der Waals surface area contributed by atoms with Crippen molar-refractivity contribution in [2.45, 2.75) is 38.3 Å². The van der Waals surface area contributed by atoms with Gasteiger partial charge in [0.1, 0.15) is 13.6 Å². The van der Waals surface area contributed by atoms with E-state index in [4.69, 9.17) is 0 Å². The molecule has 13 heavy (non-hydrogen) atoms. The average Bonchev–Trinajstić information content (AvgIpc) is 2.53. The van der Waals surface area contributed by atoms with E-state index in [0.29, 0.717) is 0 Å². The number of piperidine rings is 1. The molecule has 1 unspecified atom stereocenters. The van der Waals surface area contributed by atoms with Crippen molar-refractivity contribution in [2.75, 3.05) is 33.7 Å². The number of quaternary nitrogens is 1. The monoisotopic (exact) mass is 183 g/mol. The fourth-order valence-corrected chi connectivity index (χ4v) is 3.21. The Balaban J connectivity index is 2.03. The van der Waals surface area contributed by atoms with Gasteiger partial charge in [0.15, 0.2) is 0 Å². The molecule has 0 saturated carbocycles. The standard InChI is InChI=1S/C11H23N2/c1-12-8-6-7-11(12)13(2)9-4-3-5-10-13/h11H,3-10H2,1-2H3/q+2. The van der Waals surface area contributed by atoms with Crippen molar-refractivity contribution in [1.82, 2.24) is 4.90 Å². The molecule has 1 radical (unpaired) electrons. The number of hydrogen-bond donors (Lipinski definition) is 0. The van der Waals surface area contributed by atoms with Crippen molar-refractivity contribution in [3.05, 3.63) is 0 Å². The molecule has 0 bridgehead atoms. The summed E-state index contributed by atoms with van der Waals surface area (Å²) in [5.41, 5.74) is 0. The van der Waals surface area contributed by atoms with Gasteiger partial charge in [0.25, 0.3) is 6.17 Å². The van der Waals surface area contributed by atoms with Gasteiger partial charge in [-0.2, -0.15) is 0 Å². The summed E-state index contributed by atoms with van der Waals surface area (Å²) in [5, 5.41) is 0. The van der Waals surface area contributed by atoms with Gasteiger partial charge in [-0.15, -0.1) is 4.90 Å². The Morgan fingerprint density at radius 1 is 1.08 bits per heavy atom. The van der Waals surface area contributed by atoms with E-state index >= 15 is 0 Å². The van der Waals surface area contributed by atoms with Crippen molar-refractivity contribution >= 4 is 0 Å². The zero-order valence-corrected chi connectivity index (χ0v) is 9.13. The van der Waals surface area contributed by atoms with Crippen LogP contribution in [0.1, 0.15) is 32.1 Å². The highest BCUT2D eigenvalue weighted by Crippen LogP contribution is 2.27. The molecular weight excluding hydrogens is 160 g/mol. The molecule has 2 aliphatic rings. The Kier molecular flexibility index (Phi) is 2.61. The number of likely N-dealkylation sites (tertiary alicyclic amines) is 2. The molecule has 0 aromatic heterocycles. The maximum Gasteiger partial charge on any atom is 0.259 e. The highest BCUT2D eigenvalue weighted by molar-refractivity contribution is 4.75. The van der Waals surface area contributed by atoms with Gasteiger partial charge in [-0.05, 0) is 19.3 Å². The highest BCUT2D eigenvalue weighted by Gasteiger charge is 2.45. The third-order valence-corrected chi connectivity index (χ3v) is 4.04. The Bertz CT molecular complexity index is 173. The first-order valence-corrected chi connectivity index (χ1v) is 5.77. The predicted molar refractivity (Wildman–Crippen MR) is 55.7 cm³/mol. The Hall–Kier alpha value is -0.0800. The molecular formula is C11H23N2+2. The lowest BCUT2D eigenvalue weighted by molar-refractivity contribution is -0.942. The van der Waals surface area contributed by atoms with Crippen LogP contribution in [-0.4, -0.2) is 44.4 Å². The number of hydrogen-bond acceptors (Lipinski definition) is 1. The van der Waals surface area contributed by atoms with E-state index in [0.717, 1.165) is 6.17 Å². The van der Waals surface area contributed by atoms with Crippen LogP contribution in [0.4, 0.5) is 0 Å². The van der Waals surface area contributed by atoms with Gasteiger partial charge in [0, 0.05) is 6.42 Å². The van der Waals surface area contributed by atoms with E-state index in [1.54, 1.807) is 0 Å². The van der Waals surface area contributed by atoms with Gasteiger partial charge < -0.3 is 0 Å². The van der Waals surface area contributed by atoms with Crippen LogP contribution in [0.15, 0.2) is 0 Å². The second-order valence-electron chi connectivity index (χ2n) is 5.09. The molecule has 0 aliphatic carbocycles. The summed E-state index contributed by atoms with van der Waals surface area (Å²) in [5.74, 6) is 0. The Labute approximate surface area is 82.1 Å². The SMILES string of the molecule is C[N+]1CCCC1[N+]1(C)CCCCC1. The molecule has 0 N–H and O–H groups in total. The molecule has 75 valence electrons. The Morgan fingerprint density at radius 2 is 1.77 bits per heavy atom. The molecule has 0 aromatic rings. The van der Waals surface area contributed by atoms with Gasteiger partial charge in [-0.1, -0.05) is 0 Å². The fourth-order valence-electron chi connectivity index (χ4n) is 3.21. The maximum atomic E-state index is 2.57. The molecule has 2 heterocycles. The Morgan fingerprint density at radius 3 is 2.31 bits per heavy atom. The van der Waals surface area contributed by atoms with Crippen LogP contribution >= 0.6 is 0 Å². The van der Waals surface area contributed by atoms with Gasteiger partial charge in [-0.3, -0.25) is 4.48 Å². The quantitative estimate of drug-likeness (QED) is 0.429. The minimum Gasteiger partial charge on any atom is -0.273 e. The first-order chi connectivity index (χ1) is 6.22. The van der Waals surface area contributed by atoms with Gasteiger partial charge >= 0.3 is 0 Å². The summed E-state index contributed by atoms with van der Waals surface area (Å²) in [7, 11) is 4.77. The van der Waals surface area contributed by atoms with E-state index in [-0.39, 0.29) is 0 Å². The second-order valence-corrected chi connectivity index (χ2v) is 5.09.